The molecular weight excluding hydrogens is 240 g/mol. The lowest BCUT2D eigenvalue weighted by Gasteiger charge is -2.11. The molecule has 0 atom stereocenters. The van der Waals surface area contributed by atoms with E-state index >= 15 is 0 Å². The first-order valence-electron chi connectivity index (χ1n) is 5.99. The molecule has 0 N–H and O–H groups in total. The molecule has 0 heterocycles. The molecule has 2 aromatic rings. The predicted octanol–water partition coefficient (Wildman–Crippen LogP) is 3.46. The van der Waals surface area contributed by atoms with Crippen molar-refractivity contribution >= 4 is 0 Å². The van der Waals surface area contributed by atoms with Crippen molar-refractivity contribution in [1.29, 1.82) is 0 Å². The normalized spacial score (nSPS) is 10.1. The number of para-hydroxylation sites is 1. The number of methoxy groups -OCH3 is 2. The monoisotopic (exact) mass is 257 g/mol. The Kier molecular flexibility index (Phi) is 4.29. The molecule has 0 amide bonds. The van der Waals surface area contributed by atoms with E-state index in [-0.39, 0.29) is 0 Å². The van der Waals surface area contributed by atoms with Gasteiger partial charge in [-0.05, 0) is 24.6 Å². The minimum Gasteiger partial charge on any atom is -0.496 e. The molecule has 0 aliphatic heterocycles. The Labute approximate surface area is 113 Å². The lowest BCUT2D eigenvalue weighted by atomic mass is 10.2. The number of benzene rings is 2. The largest absolute Gasteiger partial charge is 0.496 e. The molecule has 0 aliphatic carbocycles. The maximum absolute atomic E-state index is 5.74. The SMILES string of the molecule is [CH2]c1ccc(OCc2ccccc2OC)cc1OC. The summed E-state index contributed by atoms with van der Waals surface area (Å²) in [4.78, 5) is 0. The molecule has 0 unspecified atom stereocenters. The van der Waals surface area contributed by atoms with Crippen LogP contribution in [0.15, 0.2) is 42.5 Å². The van der Waals surface area contributed by atoms with Gasteiger partial charge in [0.1, 0.15) is 23.9 Å². The average molecular weight is 257 g/mol. The van der Waals surface area contributed by atoms with E-state index in [4.69, 9.17) is 14.2 Å². The maximum atomic E-state index is 5.74. The fraction of sp³-hybridized carbons (Fsp3) is 0.188. The van der Waals surface area contributed by atoms with E-state index in [2.05, 4.69) is 6.92 Å². The third kappa shape index (κ3) is 3.19. The second-order valence-corrected chi connectivity index (χ2v) is 4.07. The first-order chi connectivity index (χ1) is 9.24. The van der Waals surface area contributed by atoms with Crippen LogP contribution in [0, 0.1) is 6.92 Å². The number of hydrogen-bond acceptors (Lipinski definition) is 3. The highest BCUT2D eigenvalue weighted by Gasteiger charge is 2.04. The van der Waals surface area contributed by atoms with E-state index in [0.717, 1.165) is 28.4 Å². The number of hydrogen-bond donors (Lipinski definition) is 0. The molecule has 0 fully saturated rings. The summed E-state index contributed by atoms with van der Waals surface area (Å²) in [6.07, 6.45) is 0. The Morgan fingerprint density at radius 1 is 0.947 bits per heavy atom. The van der Waals surface area contributed by atoms with Crippen molar-refractivity contribution in [3.05, 3.63) is 60.5 Å². The Bertz CT molecular complexity index is 549. The third-order valence-electron chi connectivity index (χ3n) is 2.85. The molecule has 0 bridgehead atoms. The molecular formula is C16H17O3. The predicted molar refractivity (Wildman–Crippen MR) is 74.8 cm³/mol. The van der Waals surface area contributed by atoms with Gasteiger partial charge in [0.2, 0.25) is 0 Å². The highest BCUT2D eigenvalue weighted by atomic mass is 16.5. The van der Waals surface area contributed by atoms with Crippen LogP contribution < -0.4 is 14.2 Å². The fourth-order valence-electron chi connectivity index (χ4n) is 1.80. The van der Waals surface area contributed by atoms with E-state index in [0.29, 0.717) is 6.61 Å². The first kappa shape index (κ1) is 13.3. The Morgan fingerprint density at radius 3 is 2.42 bits per heavy atom. The molecule has 19 heavy (non-hydrogen) atoms. The Morgan fingerprint density at radius 2 is 1.68 bits per heavy atom. The van der Waals surface area contributed by atoms with Gasteiger partial charge in [-0.1, -0.05) is 24.3 Å². The Balaban J connectivity index is 2.10. The lowest BCUT2D eigenvalue weighted by molar-refractivity contribution is 0.294. The number of ether oxygens (including phenoxy) is 3. The van der Waals surface area contributed by atoms with E-state index in [1.54, 1.807) is 14.2 Å². The van der Waals surface area contributed by atoms with Gasteiger partial charge < -0.3 is 14.2 Å². The van der Waals surface area contributed by atoms with Crippen LogP contribution in [0.25, 0.3) is 0 Å². The molecule has 0 spiro atoms. The van der Waals surface area contributed by atoms with Gasteiger partial charge in [-0.25, -0.2) is 0 Å². The summed E-state index contributed by atoms with van der Waals surface area (Å²) in [6, 6.07) is 13.4. The zero-order valence-electron chi connectivity index (χ0n) is 11.2. The standard InChI is InChI=1S/C16H17O3/c1-12-8-9-14(10-16(12)18-3)19-11-13-6-4-5-7-15(13)17-2/h4-10H,1,11H2,2-3H3. The summed E-state index contributed by atoms with van der Waals surface area (Å²) in [6.45, 7) is 4.33. The van der Waals surface area contributed by atoms with Gasteiger partial charge >= 0.3 is 0 Å². The van der Waals surface area contributed by atoms with E-state index in [1.807, 2.05) is 42.5 Å². The molecule has 3 heteroatoms. The highest BCUT2D eigenvalue weighted by Crippen LogP contribution is 2.25. The zero-order valence-corrected chi connectivity index (χ0v) is 11.2. The molecule has 3 nitrogen and oxygen atoms in total. The lowest BCUT2D eigenvalue weighted by Crippen LogP contribution is -1.99. The minimum absolute atomic E-state index is 0.448. The highest BCUT2D eigenvalue weighted by molar-refractivity contribution is 5.42. The molecule has 2 aromatic carbocycles. The molecule has 99 valence electrons. The van der Waals surface area contributed by atoms with E-state index in [9.17, 15) is 0 Å². The molecule has 0 aliphatic rings. The van der Waals surface area contributed by atoms with Gasteiger partial charge in [0.15, 0.2) is 0 Å². The van der Waals surface area contributed by atoms with Crippen LogP contribution >= 0.6 is 0 Å². The molecule has 1 radical (unpaired) electrons. The molecule has 0 saturated carbocycles. The molecule has 0 aromatic heterocycles. The van der Waals surface area contributed by atoms with Crippen molar-refractivity contribution in [1.82, 2.24) is 0 Å². The quantitative estimate of drug-likeness (QED) is 0.821. The van der Waals surface area contributed by atoms with Gasteiger partial charge in [-0.2, -0.15) is 0 Å². The van der Waals surface area contributed by atoms with Gasteiger partial charge in [0.25, 0.3) is 0 Å². The molecule has 2 rings (SSSR count). The summed E-state index contributed by atoms with van der Waals surface area (Å²) in [7, 11) is 3.27. The van der Waals surface area contributed by atoms with Crippen molar-refractivity contribution in [3.63, 3.8) is 0 Å². The summed E-state index contributed by atoms with van der Waals surface area (Å²) >= 11 is 0. The van der Waals surface area contributed by atoms with Gasteiger partial charge in [-0.15, -0.1) is 0 Å². The van der Waals surface area contributed by atoms with Crippen LogP contribution in [-0.4, -0.2) is 14.2 Å². The average Bonchev–Trinajstić information content (AvgIpc) is 2.46. The van der Waals surface area contributed by atoms with E-state index in [1.165, 1.54) is 0 Å². The van der Waals surface area contributed by atoms with Gasteiger partial charge in [0.05, 0.1) is 14.2 Å². The van der Waals surface area contributed by atoms with Crippen LogP contribution in [0.1, 0.15) is 11.1 Å². The second-order valence-electron chi connectivity index (χ2n) is 4.07. The van der Waals surface area contributed by atoms with Crippen molar-refractivity contribution in [2.75, 3.05) is 14.2 Å². The van der Waals surface area contributed by atoms with Crippen LogP contribution in [0.5, 0.6) is 17.2 Å². The van der Waals surface area contributed by atoms with Crippen LogP contribution in [0.2, 0.25) is 0 Å². The van der Waals surface area contributed by atoms with Crippen LogP contribution in [-0.2, 0) is 6.61 Å². The maximum Gasteiger partial charge on any atom is 0.125 e. The van der Waals surface area contributed by atoms with Crippen molar-refractivity contribution < 1.29 is 14.2 Å². The topological polar surface area (TPSA) is 27.7 Å². The first-order valence-corrected chi connectivity index (χ1v) is 5.99. The van der Waals surface area contributed by atoms with Gasteiger partial charge in [-0.3, -0.25) is 0 Å². The van der Waals surface area contributed by atoms with Crippen LogP contribution in [0.4, 0.5) is 0 Å². The van der Waals surface area contributed by atoms with Crippen molar-refractivity contribution in [2.24, 2.45) is 0 Å². The third-order valence-corrected chi connectivity index (χ3v) is 2.85. The Hall–Kier alpha value is -2.16. The van der Waals surface area contributed by atoms with Crippen molar-refractivity contribution in [2.45, 2.75) is 6.61 Å². The second kappa shape index (κ2) is 6.14. The zero-order chi connectivity index (χ0) is 13.7. The van der Waals surface area contributed by atoms with Gasteiger partial charge in [0, 0.05) is 11.6 Å². The summed E-state index contributed by atoms with van der Waals surface area (Å²) in [5.41, 5.74) is 1.84. The molecule has 0 saturated heterocycles. The van der Waals surface area contributed by atoms with E-state index < -0.39 is 0 Å². The summed E-state index contributed by atoms with van der Waals surface area (Å²) in [5, 5.41) is 0. The summed E-state index contributed by atoms with van der Waals surface area (Å²) < 4.78 is 16.2. The fourth-order valence-corrected chi connectivity index (χ4v) is 1.80. The number of rotatable bonds is 5. The van der Waals surface area contributed by atoms with Crippen molar-refractivity contribution in [3.8, 4) is 17.2 Å². The minimum atomic E-state index is 0.448. The smallest absolute Gasteiger partial charge is 0.125 e. The van der Waals surface area contributed by atoms with Crippen LogP contribution in [0.3, 0.4) is 0 Å². The summed E-state index contributed by atoms with van der Waals surface area (Å²) in [5.74, 6) is 2.29.